The standard InChI is InChI=1S/C35H35FN4O2/c1-4-7-23(21-37-34(42)25-13-12-24-17-26-18-27(26)20-35(3,36)28(24)19-25)16-31-22(2)11-14-30(38-31)29-8-5-9-32(39-29)40-15-6-10-33(40)41/h4-5,7-9,11-14,16,18-19,23,26H,2,6,10,15,17,20-21H2,1,3H3,(H,37,42)/b7-4-,31-16+/t23?,26?,35-/m1/s1. The Morgan fingerprint density at radius 1 is 1.21 bits per heavy atom. The summed E-state index contributed by atoms with van der Waals surface area (Å²) < 4.78 is 15.6. The molecule has 3 aliphatic rings. The molecule has 1 fully saturated rings. The molecule has 42 heavy (non-hydrogen) atoms. The lowest BCUT2D eigenvalue weighted by molar-refractivity contribution is -0.117. The third-order valence-corrected chi connectivity index (χ3v) is 8.36. The molecule has 6 nitrogen and oxygen atoms in total. The van der Waals surface area contributed by atoms with E-state index in [9.17, 15) is 9.59 Å². The molecule has 6 rings (SSSR count). The number of hydrogen-bond acceptors (Lipinski definition) is 4. The van der Waals surface area contributed by atoms with Crippen LogP contribution in [0, 0.1) is 11.8 Å². The third kappa shape index (κ3) is 5.69. The molecule has 7 heteroatoms. The van der Waals surface area contributed by atoms with Crippen LogP contribution in [0.2, 0.25) is 0 Å². The van der Waals surface area contributed by atoms with E-state index < -0.39 is 5.67 Å². The Morgan fingerprint density at radius 3 is 2.83 bits per heavy atom. The van der Waals surface area contributed by atoms with Crippen LogP contribution in [-0.4, -0.2) is 34.9 Å². The number of fused-ring (bicyclic) bond motifs is 2. The Balaban J connectivity index is 1.21. The van der Waals surface area contributed by atoms with Gasteiger partial charge in [-0.05, 0) is 79.4 Å². The molecule has 214 valence electrons. The number of anilines is 1. The first-order chi connectivity index (χ1) is 20.2. The van der Waals surface area contributed by atoms with Crippen LogP contribution in [0.1, 0.15) is 54.6 Å². The van der Waals surface area contributed by atoms with Crippen LogP contribution in [0.5, 0.6) is 0 Å². The van der Waals surface area contributed by atoms with Gasteiger partial charge in [-0.15, -0.1) is 0 Å². The Kier molecular flexibility index (Phi) is 7.35. The van der Waals surface area contributed by atoms with Gasteiger partial charge >= 0.3 is 0 Å². The Morgan fingerprint density at radius 2 is 2.05 bits per heavy atom. The van der Waals surface area contributed by atoms with Crippen molar-refractivity contribution in [1.29, 1.82) is 0 Å². The number of allylic oxidation sites excluding steroid dienone is 3. The molecule has 2 aliphatic carbocycles. The van der Waals surface area contributed by atoms with Crippen LogP contribution in [0.3, 0.4) is 0 Å². The number of nitrogens with zero attached hydrogens (tertiary/aromatic N) is 3. The number of carbonyl (C=O) groups is 2. The molecular weight excluding hydrogens is 527 g/mol. The van der Waals surface area contributed by atoms with Crippen molar-refractivity contribution in [2.75, 3.05) is 18.0 Å². The van der Waals surface area contributed by atoms with E-state index in [1.54, 1.807) is 24.0 Å². The molecule has 3 aromatic rings. The van der Waals surface area contributed by atoms with Gasteiger partial charge in [0.2, 0.25) is 5.91 Å². The molecule has 0 radical (unpaired) electrons. The molecule has 1 aromatic carbocycles. The second-order valence-electron chi connectivity index (χ2n) is 11.6. The van der Waals surface area contributed by atoms with Gasteiger partial charge in [0.15, 0.2) is 0 Å². The average molecular weight is 563 g/mol. The average Bonchev–Trinajstić information content (AvgIpc) is 3.56. The molecule has 3 atom stereocenters. The molecule has 0 spiro atoms. The van der Waals surface area contributed by atoms with Crippen molar-refractivity contribution in [2.45, 2.75) is 45.2 Å². The number of hydrogen-bond donors (Lipinski definition) is 1. The zero-order chi connectivity index (χ0) is 29.4. The van der Waals surface area contributed by atoms with E-state index in [0.29, 0.717) is 65.5 Å². The Labute approximate surface area is 245 Å². The van der Waals surface area contributed by atoms with Gasteiger partial charge in [0, 0.05) is 43.3 Å². The summed E-state index contributed by atoms with van der Waals surface area (Å²) in [6.45, 7) is 8.72. The monoisotopic (exact) mass is 562 g/mol. The van der Waals surface area contributed by atoms with Gasteiger partial charge in [-0.1, -0.05) is 48.6 Å². The van der Waals surface area contributed by atoms with Gasteiger partial charge in [-0.3, -0.25) is 14.5 Å². The summed E-state index contributed by atoms with van der Waals surface area (Å²) in [6, 6.07) is 14.8. The summed E-state index contributed by atoms with van der Waals surface area (Å²) in [4.78, 5) is 36.7. The van der Waals surface area contributed by atoms with E-state index in [2.05, 4.69) is 18.0 Å². The van der Waals surface area contributed by atoms with E-state index in [0.717, 1.165) is 23.6 Å². The molecule has 2 amide bonds. The number of alkyl halides is 1. The number of nitrogens with one attached hydrogen (secondary N) is 1. The molecule has 1 N–H and O–H groups in total. The summed E-state index contributed by atoms with van der Waals surface area (Å²) in [5.74, 6) is 0.714. The number of halogens is 1. The largest absolute Gasteiger partial charge is 0.351 e. The topological polar surface area (TPSA) is 75.2 Å². The normalized spacial score (nSPS) is 22.4. The summed E-state index contributed by atoms with van der Waals surface area (Å²) in [7, 11) is 0. The van der Waals surface area contributed by atoms with Crippen molar-refractivity contribution >= 4 is 30.3 Å². The van der Waals surface area contributed by atoms with Gasteiger partial charge in [-0.25, -0.2) is 14.4 Å². The fourth-order valence-electron chi connectivity index (χ4n) is 6.03. The first-order valence-corrected chi connectivity index (χ1v) is 14.6. The smallest absolute Gasteiger partial charge is 0.251 e. The van der Waals surface area contributed by atoms with E-state index in [-0.39, 0.29) is 17.7 Å². The number of carbonyl (C=O) groups excluding carboxylic acids is 2. The van der Waals surface area contributed by atoms with Gasteiger partial charge in [0.25, 0.3) is 5.91 Å². The van der Waals surface area contributed by atoms with Crippen LogP contribution in [0.15, 0.2) is 72.3 Å². The van der Waals surface area contributed by atoms with Gasteiger partial charge in [0.05, 0.1) is 16.7 Å². The first kappa shape index (κ1) is 27.8. The second-order valence-corrected chi connectivity index (χ2v) is 11.6. The predicted molar refractivity (Wildman–Crippen MR) is 164 cm³/mol. The second kappa shape index (κ2) is 11.1. The highest BCUT2D eigenvalue weighted by molar-refractivity contribution is 5.95. The number of pyridine rings is 2. The lowest BCUT2D eigenvalue weighted by atomic mass is 9.89. The van der Waals surface area contributed by atoms with Gasteiger partial charge < -0.3 is 5.32 Å². The van der Waals surface area contributed by atoms with E-state index >= 15 is 4.39 Å². The zero-order valence-electron chi connectivity index (χ0n) is 24.1. The number of amides is 2. The highest BCUT2D eigenvalue weighted by Crippen LogP contribution is 2.48. The Hall–Kier alpha value is -4.39. The molecule has 1 saturated heterocycles. The lowest BCUT2D eigenvalue weighted by Crippen LogP contribution is -2.32. The summed E-state index contributed by atoms with van der Waals surface area (Å²) in [5, 5.41) is 4.48. The minimum absolute atomic E-state index is 0.0877. The van der Waals surface area contributed by atoms with Gasteiger partial charge in [-0.2, -0.15) is 0 Å². The SMILES string of the molecule is C=c1ccc(-c2cccc(N3CCCC3=O)n2)n/c1=C/C(/C=C\C)CNC(=O)c1ccc2c(c1)[C@](C)(F)CC1=CC1C2. The lowest BCUT2D eigenvalue weighted by Gasteiger charge is -2.22. The number of rotatable bonds is 7. The van der Waals surface area contributed by atoms with Crippen molar-refractivity contribution in [3.05, 3.63) is 99.6 Å². The molecule has 1 aliphatic heterocycles. The highest BCUT2D eigenvalue weighted by Gasteiger charge is 2.40. The summed E-state index contributed by atoms with van der Waals surface area (Å²) in [6.07, 6.45) is 10.6. The third-order valence-electron chi connectivity index (χ3n) is 8.36. The maximum Gasteiger partial charge on any atom is 0.251 e. The van der Waals surface area contributed by atoms with Crippen LogP contribution in [-0.2, 0) is 16.9 Å². The van der Waals surface area contributed by atoms with Crippen LogP contribution in [0.25, 0.3) is 24.0 Å². The number of benzene rings is 1. The molecule has 2 unspecified atom stereocenters. The van der Waals surface area contributed by atoms with Crippen LogP contribution in [0.4, 0.5) is 10.2 Å². The number of aromatic nitrogens is 2. The molecule has 0 saturated carbocycles. The minimum Gasteiger partial charge on any atom is -0.351 e. The van der Waals surface area contributed by atoms with Crippen molar-refractivity contribution in [3.8, 4) is 11.4 Å². The van der Waals surface area contributed by atoms with Crippen molar-refractivity contribution in [1.82, 2.24) is 15.3 Å². The minimum atomic E-state index is -1.48. The molecule has 0 bridgehead atoms. The van der Waals surface area contributed by atoms with Gasteiger partial charge in [0.1, 0.15) is 11.5 Å². The van der Waals surface area contributed by atoms with E-state index in [4.69, 9.17) is 9.97 Å². The maximum absolute atomic E-state index is 15.6. The Bertz CT molecular complexity index is 1740. The fourth-order valence-corrected chi connectivity index (χ4v) is 6.03. The summed E-state index contributed by atoms with van der Waals surface area (Å²) in [5.41, 5.74) is 3.11. The molecule has 2 aromatic heterocycles. The maximum atomic E-state index is 15.6. The molecular formula is C35H35FN4O2. The highest BCUT2D eigenvalue weighted by atomic mass is 19.1. The van der Waals surface area contributed by atoms with Crippen molar-refractivity contribution in [3.63, 3.8) is 0 Å². The van der Waals surface area contributed by atoms with Crippen LogP contribution < -0.4 is 20.8 Å². The first-order valence-electron chi connectivity index (χ1n) is 14.6. The van der Waals surface area contributed by atoms with Crippen LogP contribution >= 0.6 is 0 Å². The predicted octanol–water partition coefficient (Wildman–Crippen LogP) is 4.77. The van der Waals surface area contributed by atoms with E-state index in [1.165, 1.54) is 5.57 Å². The summed E-state index contributed by atoms with van der Waals surface area (Å²) >= 11 is 0. The zero-order valence-corrected chi connectivity index (χ0v) is 24.1. The van der Waals surface area contributed by atoms with E-state index in [1.807, 2.05) is 61.5 Å². The van der Waals surface area contributed by atoms with Crippen molar-refractivity contribution in [2.24, 2.45) is 11.8 Å². The molecule has 3 heterocycles. The quantitative estimate of drug-likeness (QED) is 0.421. The fraction of sp³-hybridized carbons (Fsp3) is 0.314. The van der Waals surface area contributed by atoms with Crippen molar-refractivity contribution < 1.29 is 14.0 Å².